The topological polar surface area (TPSA) is 63.9 Å². The van der Waals surface area contributed by atoms with E-state index in [1.165, 1.54) is 17.8 Å². The molecule has 1 fully saturated rings. The number of halogens is 1. The summed E-state index contributed by atoms with van der Waals surface area (Å²) in [6.07, 6.45) is 0. The van der Waals surface area contributed by atoms with Crippen LogP contribution >= 0.6 is 11.8 Å². The van der Waals surface area contributed by atoms with Gasteiger partial charge in [0, 0.05) is 16.5 Å². The SMILES string of the molecule is Nc1cc(-c2ccc(SC3COC3)c(F)c2)[nH]n1. The lowest BCUT2D eigenvalue weighted by Crippen LogP contribution is -2.30. The van der Waals surface area contributed by atoms with Crippen LogP contribution < -0.4 is 5.73 Å². The molecule has 0 radical (unpaired) electrons. The molecule has 6 heteroatoms. The summed E-state index contributed by atoms with van der Waals surface area (Å²) in [4.78, 5) is 0.652. The molecule has 2 heterocycles. The maximum Gasteiger partial charge on any atom is 0.145 e. The van der Waals surface area contributed by atoms with E-state index in [9.17, 15) is 4.39 Å². The Hall–Kier alpha value is -1.53. The van der Waals surface area contributed by atoms with Gasteiger partial charge in [0.15, 0.2) is 0 Å². The minimum Gasteiger partial charge on any atom is -0.382 e. The summed E-state index contributed by atoms with van der Waals surface area (Å²) in [6.45, 7) is 1.39. The Morgan fingerprint density at radius 3 is 2.78 bits per heavy atom. The Morgan fingerprint density at radius 1 is 1.39 bits per heavy atom. The number of nitrogens with one attached hydrogen (secondary N) is 1. The number of H-pyrrole nitrogens is 1. The third kappa shape index (κ3) is 2.21. The first-order valence-electron chi connectivity index (χ1n) is 5.57. The Labute approximate surface area is 108 Å². The molecule has 1 aliphatic rings. The summed E-state index contributed by atoms with van der Waals surface area (Å²) in [5.74, 6) is 0.174. The molecule has 0 atom stereocenters. The van der Waals surface area contributed by atoms with E-state index < -0.39 is 0 Å². The van der Waals surface area contributed by atoms with Gasteiger partial charge in [-0.05, 0) is 12.1 Å². The van der Waals surface area contributed by atoms with Crippen LogP contribution in [0.5, 0.6) is 0 Å². The molecule has 0 bridgehead atoms. The largest absolute Gasteiger partial charge is 0.382 e. The average molecular weight is 265 g/mol. The fourth-order valence-electron chi connectivity index (χ4n) is 1.71. The van der Waals surface area contributed by atoms with E-state index in [1.807, 2.05) is 6.07 Å². The van der Waals surface area contributed by atoms with Gasteiger partial charge in [-0.25, -0.2) is 4.39 Å². The minimum atomic E-state index is -0.224. The van der Waals surface area contributed by atoms with Crippen molar-refractivity contribution in [3.63, 3.8) is 0 Å². The molecule has 0 amide bonds. The molecule has 94 valence electrons. The van der Waals surface area contributed by atoms with E-state index in [4.69, 9.17) is 10.5 Å². The Bertz CT molecular complexity index is 568. The average Bonchev–Trinajstić information content (AvgIpc) is 2.72. The molecular formula is C12H12FN3OS. The monoisotopic (exact) mass is 265 g/mol. The lowest BCUT2D eigenvalue weighted by atomic mass is 10.1. The van der Waals surface area contributed by atoms with Crippen LogP contribution in [0.25, 0.3) is 11.3 Å². The molecule has 3 rings (SSSR count). The van der Waals surface area contributed by atoms with E-state index in [1.54, 1.807) is 12.1 Å². The second-order valence-corrected chi connectivity index (χ2v) is 5.47. The van der Waals surface area contributed by atoms with Crippen molar-refractivity contribution < 1.29 is 9.13 Å². The van der Waals surface area contributed by atoms with Crippen LogP contribution in [0.3, 0.4) is 0 Å². The number of hydrogen-bond donors (Lipinski definition) is 2. The van der Waals surface area contributed by atoms with E-state index in [0.29, 0.717) is 29.2 Å². The fraction of sp³-hybridized carbons (Fsp3) is 0.250. The van der Waals surface area contributed by atoms with Gasteiger partial charge < -0.3 is 10.5 Å². The second kappa shape index (κ2) is 4.62. The molecule has 1 aliphatic heterocycles. The number of hydrogen-bond acceptors (Lipinski definition) is 4. The van der Waals surface area contributed by atoms with Gasteiger partial charge in [0.1, 0.15) is 11.6 Å². The molecule has 1 aromatic heterocycles. The molecule has 0 unspecified atom stereocenters. The van der Waals surface area contributed by atoms with Crippen molar-refractivity contribution in [3.05, 3.63) is 30.1 Å². The number of nitrogen functional groups attached to an aromatic ring is 1. The summed E-state index contributed by atoms with van der Waals surface area (Å²) >= 11 is 1.52. The van der Waals surface area contributed by atoms with Gasteiger partial charge >= 0.3 is 0 Å². The van der Waals surface area contributed by atoms with Crippen LogP contribution in [-0.2, 0) is 4.74 Å². The number of thioether (sulfide) groups is 1. The zero-order chi connectivity index (χ0) is 12.5. The molecule has 4 nitrogen and oxygen atoms in total. The standard InChI is InChI=1S/C12H12FN3OS/c13-9-3-7(10-4-12(14)16-15-10)1-2-11(9)18-8-5-17-6-8/h1-4,8H,5-6H2,(H3,14,15,16). The minimum absolute atomic E-state index is 0.224. The molecule has 0 spiro atoms. The smallest absolute Gasteiger partial charge is 0.145 e. The second-order valence-electron chi connectivity index (χ2n) is 4.13. The van der Waals surface area contributed by atoms with Crippen molar-refractivity contribution in [1.82, 2.24) is 10.2 Å². The number of ether oxygens (including phenoxy) is 1. The van der Waals surface area contributed by atoms with Crippen LogP contribution in [0.15, 0.2) is 29.2 Å². The Kier molecular flexibility index (Phi) is 2.97. The molecular weight excluding hydrogens is 253 g/mol. The van der Waals surface area contributed by atoms with Gasteiger partial charge in [-0.15, -0.1) is 11.8 Å². The summed E-state index contributed by atoms with van der Waals surface area (Å²) < 4.78 is 19.0. The fourth-order valence-corrected chi connectivity index (χ4v) is 2.72. The highest BCUT2D eigenvalue weighted by Gasteiger charge is 2.21. The summed E-state index contributed by atoms with van der Waals surface area (Å²) in [6, 6.07) is 6.82. The summed E-state index contributed by atoms with van der Waals surface area (Å²) in [7, 11) is 0. The van der Waals surface area contributed by atoms with E-state index in [-0.39, 0.29) is 5.82 Å². The first-order chi connectivity index (χ1) is 8.72. The quantitative estimate of drug-likeness (QED) is 0.893. The number of aromatic nitrogens is 2. The van der Waals surface area contributed by atoms with Crippen LogP contribution in [0.2, 0.25) is 0 Å². The summed E-state index contributed by atoms with van der Waals surface area (Å²) in [5.41, 5.74) is 6.98. The third-order valence-electron chi connectivity index (χ3n) is 2.74. The number of aromatic amines is 1. The number of nitrogens with zero attached hydrogens (tertiary/aromatic N) is 1. The number of rotatable bonds is 3. The molecule has 1 saturated heterocycles. The van der Waals surface area contributed by atoms with Crippen LogP contribution in [-0.4, -0.2) is 28.7 Å². The van der Waals surface area contributed by atoms with E-state index in [0.717, 1.165) is 11.3 Å². The maximum absolute atomic E-state index is 13.9. The zero-order valence-corrected chi connectivity index (χ0v) is 10.3. The zero-order valence-electron chi connectivity index (χ0n) is 9.52. The van der Waals surface area contributed by atoms with Gasteiger partial charge in [-0.1, -0.05) is 6.07 Å². The highest BCUT2D eigenvalue weighted by atomic mass is 32.2. The van der Waals surface area contributed by atoms with Gasteiger partial charge in [0.25, 0.3) is 0 Å². The maximum atomic E-state index is 13.9. The highest BCUT2D eigenvalue weighted by Crippen LogP contribution is 2.32. The van der Waals surface area contributed by atoms with E-state index >= 15 is 0 Å². The molecule has 3 N–H and O–H groups in total. The molecule has 0 aliphatic carbocycles. The number of nitrogens with two attached hydrogens (primary N) is 1. The molecule has 0 saturated carbocycles. The van der Waals surface area contributed by atoms with Crippen molar-refractivity contribution in [2.75, 3.05) is 18.9 Å². The van der Waals surface area contributed by atoms with Gasteiger partial charge in [-0.3, -0.25) is 5.10 Å². The third-order valence-corrected chi connectivity index (χ3v) is 3.93. The van der Waals surface area contributed by atoms with Crippen molar-refractivity contribution in [1.29, 1.82) is 0 Å². The van der Waals surface area contributed by atoms with Crippen LogP contribution in [0.4, 0.5) is 10.2 Å². The normalized spacial score (nSPS) is 15.6. The molecule has 1 aromatic carbocycles. The van der Waals surface area contributed by atoms with Crippen molar-refractivity contribution >= 4 is 17.6 Å². The van der Waals surface area contributed by atoms with Gasteiger partial charge in [0.2, 0.25) is 0 Å². The first kappa shape index (κ1) is 11.6. The Balaban J connectivity index is 1.83. The van der Waals surface area contributed by atoms with Crippen LogP contribution in [0.1, 0.15) is 0 Å². The molecule has 18 heavy (non-hydrogen) atoms. The van der Waals surface area contributed by atoms with Gasteiger partial charge in [0.05, 0.1) is 24.2 Å². The molecule has 2 aromatic rings. The predicted octanol–water partition coefficient (Wildman–Crippen LogP) is 2.29. The number of benzene rings is 1. The van der Waals surface area contributed by atoms with Gasteiger partial charge in [-0.2, -0.15) is 5.10 Å². The van der Waals surface area contributed by atoms with Crippen molar-refractivity contribution in [2.24, 2.45) is 0 Å². The number of anilines is 1. The highest BCUT2D eigenvalue weighted by molar-refractivity contribution is 8.00. The lowest BCUT2D eigenvalue weighted by molar-refractivity contribution is 0.0455. The van der Waals surface area contributed by atoms with Crippen LogP contribution in [0, 0.1) is 5.82 Å². The van der Waals surface area contributed by atoms with Crippen molar-refractivity contribution in [3.8, 4) is 11.3 Å². The van der Waals surface area contributed by atoms with E-state index in [2.05, 4.69) is 10.2 Å². The first-order valence-corrected chi connectivity index (χ1v) is 6.45. The lowest BCUT2D eigenvalue weighted by Gasteiger charge is -2.25. The van der Waals surface area contributed by atoms with Crippen molar-refractivity contribution in [2.45, 2.75) is 10.1 Å². The predicted molar refractivity (Wildman–Crippen MR) is 68.9 cm³/mol. The summed E-state index contributed by atoms with van der Waals surface area (Å²) in [5, 5.41) is 6.96. The Morgan fingerprint density at radius 2 is 2.22 bits per heavy atom.